The second-order valence-corrected chi connectivity index (χ2v) is 2.59. The number of hydrogen-bond acceptors (Lipinski definition) is 3. The van der Waals surface area contributed by atoms with Gasteiger partial charge in [0.2, 0.25) is 0 Å². The van der Waals surface area contributed by atoms with E-state index in [4.69, 9.17) is 28.0 Å². The molecule has 0 spiro atoms. The Labute approximate surface area is 74.5 Å². The maximum atomic E-state index is 5.73. The SMILES string of the molecule is C=C1C(Cl)=C(Cl)C=NN1OC. The molecule has 0 N–H and O–H groups in total. The molecule has 0 aromatic heterocycles. The summed E-state index contributed by atoms with van der Waals surface area (Å²) in [6, 6.07) is 0. The Morgan fingerprint density at radius 1 is 1.64 bits per heavy atom. The highest BCUT2D eigenvalue weighted by Gasteiger charge is 2.16. The Balaban J connectivity index is 2.91. The number of hydroxylamine groups is 1. The molecule has 3 nitrogen and oxygen atoms in total. The van der Waals surface area contributed by atoms with Crippen LogP contribution in [-0.2, 0) is 4.84 Å². The van der Waals surface area contributed by atoms with Gasteiger partial charge in [0.25, 0.3) is 0 Å². The Morgan fingerprint density at radius 3 is 2.82 bits per heavy atom. The summed E-state index contributed by atoms with van der Waals surface area (Å²) in [5, 5.41) is 5.68. The Bertz CT molecular complexity index is 247. The van der Waals surface area contributed by atoms with E-state index in [1.54, 1.807) is 0 Å². The molecule has 0 amide bonds. The van der Waals surface area contributed by atoms with Crippen molar-refractivity contribution in [3.05, 3.63) is 22.3 Å². The molecular weight excluding hydrogens is 187 g/mol. The average molecular weight is 193 g/mol. The molecule has 0 saturated heterocycles. The zero-order chi connectivity index (χ0) is 8.43. The number of hydrazone groups is 1. The molecule has 1 aliphatic rings. The molecule has 0 atom stereocenters. The molecule has 0 saturated carbocycles. The Morgan fingerprint density at radius 2 is 2.27 bits per heavy atom. The lowest BCUT2D eigenvalue weighted by Gasteiger charge is -2.20. The third kappa shape index (κ3) is 1.56. The van der Waals surface area contributed by atoms with Crippen molar-refractivity contribution in [2.45, 2.75) is 0 Å². The lowest BCUT2D eigenvalue weighted by atomic mass is 10.4. The lowest BCUT2D eigenvalue weighted by molar-refractivity contribution is -0.0957. The van der Waals surface area contributed by atoms with Gasteiger partial charge in [0, 0.05) is 0 Å². The van der Waals surface area contributed by atoms with E-state index in [0.717, 1.165) is 0 Å². The first-order valence-corrected chi connectivity index (χ1v) is 3.55. The Kier molecular flexibility index (Phi) is 2.54. The number of rotatable bonds is 1. The normalized spacial score (nSPS) is 18.1. The first kappa shape index (κ1) is 8.59. The largest absolute Gasteiger partial charge is 0.255 e. The van der Waals surface area contributed by atoms with Gasteiger partial charge in [-0.3, -0.25) is 4.84 Å². The van der Waals surface area contributed by atoms with Crippen LogP contribution in [0.15, 0.2) is 27.4 Å². The first-order valence-electron chi connectivity index (χ1n) is 2.79. The summed E-state index contributed by atoms with van der Waals surface area (Å²) in [5.41, 5.74) is 0.432. The minimum Gasteiger partial charge on any atom is -0.255 e. The quantitative estimate of drug-likeness (QED) is 0.636. The van der Waals surface area contributed by atoms with Crippen LogP contribution < -0.4 is 0 Å². The van der Waals surface area contributed by atoms with Crippen LogP contribution in [0.3, 0.4) is 0 Å². The van der Waals surface area contributed by atoms with Crippen molar-refractivity contribution >= 4 is 29.4 Å². The van der Waals surface area contributed by atoms with Gasteiger partial charge < -0.3 is 0 Å². The van der Waals surface area contributed by atoms with E-state index in [1.165, 1.54) is 18.5 Å². The standard InChI is InChI=1S/C6H6Cl2N2O/c1-4-6(8)5(7)3-9-10(4)11-2/h3H,1H2,2H3. The van der Waals surface area contributed by atoms with Gasteiger partial charge in [-0.1, -0.05) is 29.8 Å². The molecule has 1 rings (SSSR count). The van der Waals surface area contributed by atoms with Crippen molar-refractivity contribution in [2.75, 3.05) is 7.11 Å². The van der Waals surface area contributed by atoms with Crippen molar-refractivity contribution in [3.63, 3.8) is 0 Å². The fraction of sp³-hybridized carbons (Fsp3) is 0.167. The summed E-state index contributed by atoms with van der Waals surface area (Å²) in [7, 11) is 1.46. The van der Waals surface area contributed by atoms with Crippen molar-refractivity contribution < 1.29 is 4.84 Å². The van der Waals surface area contributed by atoms with Gasteiger partial charge in [-0.2, -0.15) is 5.10 Å². The van der Waals surface area contributed by atoms with E-state index < -0.39 is 0 Å². The highest BCUT2D eigenvalue weighted by molar-refractivity contribution is 6.47. The summed E-state index contributed by atoms with van der Waals surface area (Å²) >= 11 is 11.4. The van der Waals surface area contributed by atoms with Crippen molar-refractivity contribution in [3.8, 4) is 0 Å². The minimum absolute atomic E-state index is 0.350. The average Bonchev–Trinajstić information content (AvgIpc) is 2.01. The number of halogens is 2. The molecule has 60 valence electrons. The molecule has 1 heterocycles. The maximum absolute atomic E-state index is 5.73. The third-order valence-electron chi connectivity index (χ3n) is 1.14. The van der Waals surface area contributed by atoms with Gasteiger partial charge in [-0.25, -0.2) is 0 Å². The molecule has 11 heavy (non-hydrogen) atoms. The van der Waals surface area contributed by atoms with Crippen molar-refractivity contribution in [1.82, 2.24) is 5.17 Å². The van der Waals surface area contributed by atoms with E-state index in [-0.39, 0.29) is 0 Å². The van der Waals surface area contributed by atoms with Crippen LogP contribution in [0.1, 0.15) is 0 Å². The zero-order valence-electron chi connectivity index (χ0n) is 5.84. The monoisotopic (exact) mass is 192 g/mol. The molecular formula is C6H6Cl2N2O. The summed E-state index contributed by atoms with van der Waals surface area (Å²) < 4.78 is 0. The summed E-state index contributed by atoms with van der Waals surface area (Å²) in [6.07, 6.45) is 1.39. The first-order chi connectivity index (χ1) is 5.16. The fourth-order valence-electron chi connectivity index (χ4n) is 0.609. The molecule has 0 fully saturated rings. The summed E-state index contributed by atoms with van der Waals surface area (Å²) in [5.74, 6) is 0. The molecule has 0 aromatic rings. The lowest BCUT2D eigenvalue weighted by Crippen LogP contribution is -2.18. The summed E-state index contributed by atoms with van der Waals surface area (Å²) in [6.45, 7) is 3.61. The number of hydrogen-bond donors (Lipinski definition) is 0. The highest BCUT2D eigenvalue weighted by atomic mass is 35.5. The van der Waals surface area contributed by atoms with Crippen LogP contribution in [0.2, 0.25) is 0 Å². The molecule has 0 aliphatic carbocycles. The predicted octanol–water partition coefficient (Wildman–Crippen LogP) is 2.05. The third-order valence-corrected chi connectivity index (χ3v) is 1.95. The van der Waals surface area contributed by atoms with Gasteiger partial charge in [-0.15, -0.1) is 5.17 Å². The van der Waals surface area contributed by atoms with E-state index >= 15 is 0 Å². The van der Waals surface area contributed by atoms with Crippen LogP contribution in [0.5, 0.6) is 0 Å². The predicted molar refractivity (Wildman–Crippen MR) is 45.2 cm³/mol. The zero-order valence-corrected chi connectivity index (χ0v) is 7.35. The van der Waals surface area contributed by atoms with Crippen LogP contribution in [0.25, 0.3) is 0 Å². The van der Waals surface area contributed by atoms with Crippen LogP contribution in [0, 0.1) is 0 Å². The summed E-state index contributed by atoms with van der Waals surface area (Å²) in [4.78, 5) is 4.78. The second-order valence-electron chi connectivity index (χ2n) is 1.81. The van der Waals surface area contributed by atoms with Gasteiger partial charge >= 0.3 is 0 Å². The molecule has 0 bridgehead atoms. The molecule has 0 radical (unpaired) electrons. The minimum atomic E-state index is 0.350. The van der Waals surface area contributed by atoms with Gasteiger partial charge in [0.1, 0.15) is 5.70 Å². The van der Waals surface area contributed by atoms with Gasteiger partial charge in [0.15, 0.2) is 0 Å². The highest BCUT2D eigenvalue weighted by Crippen LogP contribution is 2.26. The van der Waals surface area contributed by atoms with Crippen LogP contribution >= 0.6 is 23.2 Å². The van der Waals surface area contributed by atoms with E-state index in [0.29, 0.717) is 15.8 Å². The second kappa shape index (κ2) is 3.26. The number of nitrogens with zero attached hydrogens (tertiary/aromatic N) is 2. The smallest absolute Gasteiger partial charge is 0.103 e. The molecule has 0 aromatic carbocycles. The fourth-order valence-corrected chi connectivity index (χ4v) is 0.882. The van der Waals surface area contributed by atoms with Crippen LogP contribution in [-0.4, -0.2) is 18.5 Å². The number of allylic oxidation sites excluding steroid dienone is 2. The topological polar surface area (TPSA) is 24.8 Å². The molecule has 5 heteroatoms. The Hall–Kier alpha value is -0.510. The van der Waals surface area contributed by atoms with Crippen LogP contribution in [0.4, 0.5) is 0 Å². The van der Waals surface area contributed by atoms with E-state index in [2.05, 4.69) is 11.7 Å². The molecule has 0 unspecified atom stereocenters. The van der Waals surface area contributed by atoms with E-state index in [1.807, 2.05) is 0 Å². The van der Waals surface area contributed by atoms with Crippen molar-refractivity contribution in [1.29, 1.82) is 0 Å². The molecule has 1 aliphatic heterocycles. The van der Waals surface area contributed by atoms with Gasteiger partial charge in [-0.05, 0) is 0 Å². The van der Waals surface area contributed by atoms with E-state index in [9.17, 15) is 0 Å². The maximum Gasteiger partial charge on any atom is 0.103 e. The van der Waals surface area contributed by atoms with Crippen molar-refractivity contribution in [2.24, 2.45) is 5.10 Å². The van der Waals surface area contributed by atoms with Gasteiger partial charge in [0.05, 0.1) is 23.4 Å².